The molecule has 0 aliphatic rings. The monoisotopic (exact) mass is 597 g/mol. The predicted molar refractivity (Wildman–Crippen MR) is 154 cm³/mol. The number of nitriles is 1. The number of nitrogens with zero attached hydrogens (tertiary/aromatic N) is 2. The van der Waals surface area contributed by atoms with E-state index in [-0.39, 0.29) is 33.7 Å². The van der Waals surface area contributed by atoms with Crippen LogP contribution in [0.1, 0.15) is 20.7 Å². The van der Waals surface area contributed by atoms with Crippen LogP contribution in [0.2, 0.25) is 10.0 Å². The van der Waals surface area contributed by atoms with Crippen LogP contribution in [0.15, 0.2) is 71.7 Å². The van der Waals surface area contributed by atoms with Crippen LogP contribution in [0.4, 0.5) is 5.69 Å². The highest BCUT2D eigenvalue weighted by atomic mass is 35.5. The molecule has 0 aliphatic heterocycles. The molecule has 0 aliphatic carbocycles. The number of nitrogens with two attached hydrogens (primary N) is 1. The van der Waals surface area contributed by atoms with Crippen LogP contribution in [0, 0.1) is 11.5 Å². The number of aliphatic hydroxyl groups excluding tert-OH is 1. The SMILES string of the molecule is N#C/N=C(\N)Nc1cccc(C(=O)NCC(=O)NC[C@H](NC(=O)c2c(Cl)cc(-c3ccccc3)cc2Cl)C(O)O)c1. The van der Waals surface area contributed by atoms with Gasteiger partial charge in [0.2, 0.25) is 18.1 Å². The van der Waals surface area contributed by atoms with E-state index in [0.29, 0.717) is 11.3 Å². The van der Waals surface area contributed by atoms with Crippen molar-refractivity contribution in [1.82, 2.24) is 16.0 Å². The van der Waals surface area contributed by atoms with E-state index >= 15 is 0 Å². The maximum Gasteiger partial charge on any atom is 0.254 e. The minimum atomic E-state index is -2.04. The second-order valence-electron chi connectivity index (χ2n) is 8.46. The lowest BCUT2D eigenvalue weighted by atomic mass is 10.0. The Bertz CT molecular complexity index is 1470. The van der Waals surface area contributed by atoms with Gasteiger partial charge in [-0.3, -0.25) is 14.4 Å². The summed E-state index contributed by atoms with van der Waals surface area (Å²) >= 11 is 12.7. The number of halogens is 2. The van der Waals surface area contributed by atoms with Crippen LogP contribution in [0.25, 0.3) is 11.1 Å². The number of anilines is 1. The molecule has 0 fully saturated rings. The van der Waals surface area contributed by atoms with Gasteiger partial charge in [0.15, 0.2) is 6.29 Å². The molecule has 212 valence electrons. The van der Waals surface area contributed by atoms with Gasteiger partial charge in [0.1, 0.15) is 0 Å². The Labute approximate surface area is 244 Å². The topological polar surface area (TPSA) is 202 Å². The molecule has 0 radical (unpaired) electrons. The molecule has 8 N–H and O–H groups in total. The van der Waals surface area contributed by atoms with Crippen molar-refractivity contribution in [3.8, 4) is 17.3 Å². The summed E-state index contributed by atoms with van der Waals surface area (Å²) < 4.78 is 0. The quantitative estimate of drug-likeness (QED) is 0.0792. The van der Waals surface area contributed by atoms with Gasteiger partial charge in [0.25, 0.3) is 11.8 Å². The fraction of sp³-hybridized carbons (Fsp3) is 0.148. The van der Waals surface area contributed by atoms with Gasteiger partial charge < -0.3 is 37.2 Å². The predicted octanol–water partition coefficient (Wildman–Crippen LogP) is 1.82. The van der Waals surface area contributed by atoms with Crippen LogP contribution < -0.4 is 27.0 Å². The summed E-state index contributed by atoms with van der Waals surface area (Å²) in [7, 11) is 0. The van der Waals surface area contributed by atoms with Crippen LogP contribution in [-0.2, 0) is 4.79 Å². The summed E-state index contributed by atoms with van der Waals surface area (Å²) in [6, 6.07) is 17.1. The molecule has 1 atom stereocenters. The lowest BCUT2D eigenvalue weighted by Gasteiger charge is -2.22. The molecule has 0 spiro atoms. The molecular weight excluding hydrogens is 573 g/mol. The summed E-state index contributed by atoms with van der Waals surface area (Å²) in [6.45, 7) is -0.832. The molecule has 0 unspecified atom stereocenters. The van der Waals surface area contributed by atoms with Gasteiger partial charge in [-0.1, -0.05) is 59.6 Å². The van der Waals surface area contributed by atoms with Crippen molar-refractivity contribution in [3.63, 3.8) is 0 Å². The van der Waals surface area contributed by atoms with Crippen molar-refractivity contribution in [3.05, 3.63) is 87.9 Å². The summed E-state index contributed by atoms with van der Waals surface area (Å²) in [5.74, 6) is -2.20. The van der Waals surface area contributed by atoms with Crippen molar-refractivity contribution in [2.24, 2.45) is 10.7 Å². The van der Waals surface area contributed by atoms with E-state index in [9.17, 15) is 24.6 Å². The van der Waals surface area contributed by atoms with Crippen LogP contribution in [0.5, 0.6) is 0 Å². The lowest BCUT2D eigenvalue weighted by Crippen LogP contribution is -2.51. The average Bonchev–Trinajstić information content (AvgIpc) is 2.94. The standard InChI is InChI=1S/C27H25Cl2N7O5/c28-19-10-17(15-5-2-1-3-6-15)11-20(29)23(19)25(39)36-21(26(40)41)12-32-22(37)13-33-24(38)16-7-4-8-18(9-16)35-27(31)34-14-30/h1-11,21,26,40-41H,12-13H2,(H,32,37)(H,33,38)(H,36,39)(H3,31,34,35)/t21-/m0/s1. The highest BCUT2D eigenvalue weighted by Gasteiger charge is 2.24. The Hall–Kier alpha value is -4.67. The van der Waals surface area contributed by atoms with Crippen molar-refractivity contribution < 1.29 is 24.6 Å². The van der Waals surface area contributed by atoms with Gasteiger partial charge in [-0.25, -0.2) is 0 Å². The number of amides is 3. The number of hydrogen-bond donors (Lipinski definition) is 7. The Morgan fingerprint density at radius 3 is 2.24 bits per heavy atom. The highest BCUT2D eigenvalue weighted by molar-refractivity contribution is 6.40. The van der Waals surface area contributed by atoms with E-state index in [1.165, 1.54) is 18.3 Å². The molecule has 14 heteroatoms. The first-order valence-corrected chi connectivity index (χ1v) is 12.7. The number of carbonyl (C=O) groups is 3. The lowest BCUT2D eigenvalue weighted by molar-refractivity contribution is -0.121. The van der Waals surface area contributed by atoms with Crippen molar-refractivity contribution in [2.45, 2.75) is 12.3 Å². The van der Waals surface area contributed by atoms with Crippen molar-refractivity contribution in [2.75, 3.05) is 18.4 Å². The number of guanidine groups is 1. The third-order valence-corrected chi connectivity index (χ3v) is 6.15. The third-order valence-electron chi connectivity index (χ3n) is 5.55. The fourth-order valence-electron chi connectivity index (χ4n) is 3.58. The van der Waals surface area contributed by atoms with Crippen molar-refractivity contribution in [1.29, 1.82) is 5.26 Å². The molecule has 41 heavy (non-hydrogen) atoms. The van der Waals surface area contributed by atoms with E-state index in [1.807, 2.05) is 30.3 Å². The van der Waals surface area contributed by atoms with Crippen molar-refractivity contribution >= 4 is 52.6 Å². The van der Waals surface area contributed by atoms with E-state index in [0.717, 1.165) is 5.56 Å². The molecule has 3 aromatic carbocycles. The first-order valence-electron chi connectivity index (χ1n) is 11.9. The maximum absolute atomic E-state index is 12.9. The van der Waals surface area contributed by atoms with Crippen LogP contribution in [-0.4, -0.2) is 59.3 Å². The fourth-order valence-corrected chi connectivity index (χ4v) is 4.23. The van der Waals surface area contributed by atoms with Gasteiger partial charge >= 0.3 is 0 Å². The van der Waals surface area contributed by atoms with Gasteiger partial charge in [0.05, 0.1) is 28.2 Å². The minimum absolute atomic E-state index is 0.0473. The van der Waals surface area contributed by atoms with Gasteiger partial charge in [-0.15, -0.1) is 4.99 Å². The normalized spacial score (nSPS) is 11.8. The zero-order chi connectivity index (χ0) is 29.9. The Kier molecular flexibility index (Phi) is 11.0. The minimum Gasteiger partial charge on any atom is -0.369 e. The number of rotatable bonds is 10. The zero-order valence-electron chi connectivity index (χ0n) is 21.3. The number of benzene rings is 3. The summed E-state index contributed by atoms with van der Waals surface area (Å²) in [4.78, 5) is 41.0. The van der Waals surface area contributed by atoms with E-state index in [2.05, 4.69) is 26.3 Å². The summed E-state index contributed by atoms with van der Waals surface area (Å²) in [5.41, 5.74) is 7.54. The van der Waals surface area contributed by atoms with E-state index in [4.69, 9.17) is 34.2 Å². The largest absolute Gasteiger partial charge is 0.369 e. The second kappa shape index (κ2) is 14.6. The van der Waals surface area contributed by atoms with E-state index < -0.39 is 36.6 Å². The molecule has 3 amide bonds. The molecule has 12 nitrogen and oxygen atoms in total. The smallest absolute Gasteiger partial charge is 0.254 e. The number of nitrogens with one attached hydrogen (secondary N) is 4. The molecule has 0 aromatic heterocycles. The molecular formula is C27H25Cl2N7O5. The number of hydrogen-bond acceptors (Lipinski definition) is 7. The molecule has 0 bridgehead atoms. The molecule has 3 aromatic rings. The van der Waals surface area contributed by atoms with Gasteiger partial charge in [0, 0.05) is 17.8 Å². The Morgan fingerprint density at radius 2 is 1.61 bits per heavy atom. The first-order chi connectivity index (χ1) is 19.6. The number of carbonyl (C=O) groups excluding carboxylic acids is 3. The van der Waals surface area contributed by atoms with Crippen LogP contribution >= 0.6 is 23.2 Å². The zero-order valence-corrected chi connectivity index (χ0v) is 22.8. The molecule has 0 saturated heterocycles. The Morgan fingerprint density at radius 1 is 0.927 bits per heavy atom. The van der Waals surface area contributed by atoms with Gasteiger partial charge in [-0.2, -0.15) is 5.26 Å². The Balaban J connectivity index is 1.56. The molecule has 0 saturated carbocycles. The third kappa shape index (κ3) is 8.92. The molecule has 0 heterocycles. The van der Waals surface area contributed by atoms with Gasteiger partial charge in [-0.05, 0) is 41.5 Å². The van der Waals surface area contributed by atoms with Crippen LogP contribution in [0.3, 0.4) is 0 Å². The summed E-state index contributed by atoms with van der Waals surface area (Å²) in [5, 5.41) is 38.0. The number of aliphatic hydroxyl groups is 2. The second-order valence-corrected chi connectivity index (χ2v) is 9.28. The average molecular weight is 598 g/mol. The molecule has 3 rings (SSSR count). The first kappa shape index (κ1) is 30.9. The summed E-state index contributed by atoms with van der Waals surface area (Å²) in [6.07, 6.45) is -0.513. The van der Waals surface area contributed by atoms with E-state index in [1.54, 1.807) is 24.3 Å². The number of aliphatic imine (C=N–C) groups is 1. The highest BCUT2D eigenvalue weighted by Crippen LogP contribution is 2.31. The maximum atomic E-state index is 12.9.